The maximum Gasteiger partial charge on any atom is 0.359 e. The summed E-state index contributed by atoms with van der Waals surface area (Å²) in [5, 5.41) is 6.82. The highest BCUT2D eigenvalue weighted by Crippen LogP contribution is 2.21. The molecule has 0 aromatic carbocycles. The lowest BCUT2D eigenvalue weighted by atomic mass is 10.1. The molecule has 18 heavy (non-hydrogen) atoms. The summed E-state index contributed by atoms with van der Waals surface area (Å²) in [5.74, 6) is -0.0246. The molecule has 1 aromatic heterocycles. The zero-order valence-corrected chi connectivity index (χ0v) is 11.4. The van der Waals surface area contributed by atoms with Crippen LogP contribution in [0, 0.1) is 5.92 Å². The minimum absolute atomic E-state index is 0.354. The first-order valence-corrected chi connectivity index (χ1v) is 6.34. The van der Waals surface area contributed by atoms with Gasteiger partial charge in [0.2, 0.25) is 0 Å². The van der Waals surface area contributed by atoms with E-state index in [4.69, 9.17) is 4.74 Å². The molecule has 1 heterocycles. The van der Waals surface area contributed by atoms with Crippen molar-refractivity contribution in [2.75, 3.05) is 6.61 Å². The van der Waals surface area contributed by atoms with Crippen molar-refractivity contribution in [2.45, 2.75) is 27.7 Å². The zero-order chi connectivity index (χ0) is 13.5. The number of hydrogen-bond donors (Lipinski definition) is 1. The van der Waals surface area contributed by atoms with Crippen LogP contribution in [-0.4, -0.2) is 22.8 Å². The summed E-state index contributed by atoms with van der Waals surface area (Å²) in [6, 6.07) is 0. The van der Waals surface area contributed by atoms with Gasteiger partial charge >= 0.3 is 5.97 Å². The van der Waals surface area contributed by atoms with Gasteiger partial charge in [0.05, 0.1) is 12.3 Å². The van der Waals surface area contributed by atoms with E-state index in [2.05, 4.69) is 23.2 Å². The van der Waals surface area contributed by atoms with Crippen molar-refractivity contribution in [1.82, 2.24) is 10.2 Å². The van der Waals surface area contributed by atoms with E-state index in [-0.39, 0.29) is 5.97 Å². The monoisotopic (exact) mass is 248 g/mol. The van der Waals surface area contributed by atoms with Crippen LogP contribution in [0.1, 0.15) is 49.4 Å². The predicted octanol–water partition coefficient (Wildman–Crippen LogP) is 3.29. The smallest absolute Gasteiger partial charge is 0.359 e. The molecule has 0 saturated heterocycles. The quantitative estimate of drug-likeness (QED) is 0.817. The molecule has 4 nitrogen and oxygen atoms in total. The Morgan fingerprint density at radius 1 is 1.39 bits per heavy atom. The fourth-order valence-electron chi connectivity index (χ4n) is 1.58. The molecule has 98 valence electrons. The average molecular weight is 248 g/mol. The Hall–Kier alpha value is -1.84. The Kier molecular flexibility index (Phi) is 5.36. The Morgan fingerprint density at radius 2 is 2.06 bits per heavy atom. The zero-order valence-electron chi connectivity index (χ0n) is 11.4. The van der Waals surface area contributed by atoms with Crippen molar-refractivity contribution < 1.29 is 9.53 Å². The van der Waals surface area contributed by atoms with Crippen molar-refractivity contribution in [3.63, 3.8) is 0 Å². The lowest BCUT2D eigenvalue weighted by Crippen LogP contribution is -2.06. The molecule has 1 atom stereocenters. The number of aromatic nitrogens is 2. The number of H-pyrrole nitrogens is 1. The second-order valence-electron chi connectivity index (χ2n) is 3.70. The van der Waals surface area contributed by atoms with E-state index in [1.54, 1.807) is 6.92 Å². The van der Waals surface area contributed by atoms with Crippen molar-refractivity contribution in [3.8, 4) is 0 Å². The van der Waals surface area contributed by atoms with Crippen LogP contribution in [0.2, 0.25) is 0 Å². The molecule has 0 bridgehead atoms. The van der Waals surface area contributed by atoms with Gasteiger partial charge in [-0.1, -0.05) is 39.0 Å². The fraction of sp³-hybridized carbons (Fsp3) is 0.429. The summed E-state index contributed by atoms with van der Waals surface area (Å²) < 4.78 is 4.94. The molecule has 0 fully saturated rings. The first kappa shape index (κ1) is 14.2. The molecule has 0 spiro atoms. The number of rotatable bonds is 2. The van der Waals surface area contributed by atoms with Gasteiger partial charge in [-0.2, -0.15) is 5.10 Å². The molecule has 1 N–H and O–H groups in total. The Balaban J connectivity index is 0.000000771. The summed E-state index contributed by atoms with van der Waals surface area (Å²) in [7, 11) is 0. The van der Waals surface area contributed by atoms with Gasteiger partial charge in [-0.3, -0.25) is 5.10 Å². The van der Waals surface area contributed by atoms with E-state index in [0.29, 0.717) is 18.2 Å². The third-order valence-corrected chi connectivity index (χ3v) is 2.44. The largest absolute Gasteiger partial charge is 0.461 e. The maximum absolute atomic E-state index is 11.6. The molecule has 2 rings (SSSR count). The van der Waals surface area contributed by atoms with Gasteiger partial charge in [0.25, 0.3) is 0 Å². The topological polar surface area (TPSA) is 55.0 Å². The van der Waals surface area contributed by atoms with Crippen molar-refractivity contribution in [2.24, 2.45) is 5.92 Å². The van der Waals surface area contributed by atoms with E-state index >= 15 is 0 Å². The maximum atomic E-state index is 11.6. The lowest BCUT2D eigenvalue weighted by Gasteiger charge is -1.99. The van der Waals surface area contributed by atoms with Crippen LogP contribution in [0.3, 0.4) is 0 Å². The van der Waals surface area contributed by atoms with E-state index in [1.807, 2.05) is 32.1 Å². The molecule has 1 aliphatic rings. The van der Waals surface area contributed by atoms with Crippen LogP contribution in [0.15, 0.2) is 12.2 Å². The number of nitrogens with one attached hydrogen (secondary N) is 1. The SMILES string of the molecule is CC.CCOC(=O)c1n[nH]c2c1C=CC(C)C=C2. The summed E-state index contributed by atoms with van der Waals surface area (Å²) in [6.07, 6.45) is 7.93. The number of aromatic amines is 1. The predicted molar refractivity (Wildman–Crippen MR) is 73.1 cm³/mol. The number of ether oxygens (including phenoxy) is 1. The average Bonchev–Trinajstić information content (AvgIpc) is 2.71. The number of carbonyl (C=O) groups excluding carboxylic acids is 1. The Bertz CT molecular complexity index is 458. The van der Waals surface area contributed by atoms with E-state index in [9.17, 15) is 4.79 Å². The molecule has 0 amide bonds. The number of nitrogens with zero attached hydrogens (tertiary/aromatic N) is 1. The van der Waals surface area contributed by atoms with Gasteiger partial charge in [-0.05, 0) is 18.9 Å². The van der Waals surface area contributed by atoms with Gasteiger partial charge in [0.15, 0.2) is 5.69 Å². The molecule has 1 unspecified atom stereocenters. The molecule has 1 aromatic rings. The number of esters is 1. The summed E-state index contributed by atoms with van der Waals surface area (Å²) in [4.78, 5) is 11.6. The first-order valence-electron chi connectivity index (χ1n) is 6.34. The molecule has 0 aliphatic heterocycles. The fourth-order valence-corrected chi connectivity index (χ4v) is 1.58. The molecule has 1 aliphatic carbocycles. The summed E-state index contributed by atoms with van der Waals surface area (Å²) in [6.45, 7) is 8.22. The van der Waals surface area contributed by atoms with Gasteiger partial charge in [0, 0.05) is 5.56 Å². The molecule has 0 saturated carbocycles. The highest BCUT2D eigenvalue weighted by Gasteiger charge is 2.18. The minimum Gasteiger partial charge on any atom is -0.461 e. The van der Waals surface area contributed by atoms with E-state index in [0.717, 1.165) is 11.3 Å². The highest BCUT2D eigenvalue weighted by molar-refractivity contribution is 5.93. The Labute approximate surface area is 108 Å². The van der Waals surface area contributed by atoms with Crippen LogP contribution in [0.25, 0.3) is 12.2 Å². The number of fused-ring (bicyclic) bond motifs is 1. The van der Waals surface area contributed by atoms with Crippen LogP contribution in [0.4, 0.5) is 0 Å². The second-order valence-corrected chi connectivity index (χ2v) is 3.70. The standard InChI is InChI=1S/C12H14N2O2.C2H6/c1-3-16-12(15)11-9-6-4-8(2)5-7-10(9)13-14-11;1-2/h4-8H,3H2,1-2H3,(H,13,14);1-2H3. The molecular weight excluding hydrogens is 228 g/mol. The van der Waals surface area contributed by atoms with Gasteiger partial charge < -0.3 is 4.74 Å². The van der Waals surface area contributed by atoms with Crippen LogP contribution < -0.4 is 0 Å². The van der Waals surface area contributed by atoms with Gasteiger partial charge in [-0.15, -0.1) is 0 Å². The normalized spacial score (nSPS) is 16.3. The van der Waals surface area contributed by atoms with E-state index < -0.39 is 0 Å². The van der Waals surface area contributed by atoms with Gasteiger partial charge in [-0.25, -0.2) is 4.79 Å². The lowest BCUT2D eigenvalue weighted by molar-refractivity contribution is 0.0519. The first-order chi connectivity index (χ1) is 8.72. The van der Waals surface area contributed by atoms with Crippen LogP contribution >= 0.6 is 0 Å². The summed E-state index contributed by atoms with van der Waals surface area (Å²) >= 11 is 0. The van der Waals surface area contributed by atoms with Crippen molar-refractivity contribution in [1.29, 1.82) is 0 Å². The van der Waals surface area contributed by atoms with Crippen molar-refractivity contribution >= 4 is 18.1 Å². The molecule has 0 radical (unpaired) electrons. The van der Waals surface area contributed by atoms with Crippen LogP contribution in [0.5, 0.6) is 0 Å². The second kappa shape index (κ2) is 6.79. The van der Waals surface area contributed by atoms with E-state index in [1.165, 1.54) is 0 Å². The molecular formula is C14H20N2O2. The highest BCUT2D eigenvalue weighted by atomic mass is 16.5. The van der Waals surface area contributed by atoms with Crippen LogP contribution in [-0.2, 0) is 4.74 Å². The summed E-state index contributed by atoms with van der Waals surface area (Å²) in [5.41, 5.74) is 2.01. The third-order valence-electron chi connectivity index (χ3n) is 2.44. The van der Waals surface area contributed by atoms with Gasteiger partial charge in [0.1, 0.15) is 0 Å². The third kappa shape index (κ3) is 3.09. The molecule has 4 heteroatoms. The van der Waals surface area contributed by atoms with Crippen molar-refractivity contribution in [3.05, 3.63) is 29.1 Å². The Morgan fingerprint density at radius 3 is 2.72 bits per heavy atom. The number of carbonyl (C=O) groups is 1. The number of allylic oxidation sites excluding steroid dienone is 2. The minimum atomic E-state index is -0.382. The number of hydrogen-bond acceptors (Lipinski definition) is 3.